The molecule has 0 aromatic heterocycles. The van der Waals surface area contributed by atoms with E-state index >= 15 is 0 Å². The lowest BCUT2D eigenvalue weighted by atomic mass is 10.1. The van der Waals surface area contributed by atoms with E-state index < -0.39 is 0 Å². The molecule has 0 aliphatic carbocycles. The third kappa shape index (κ3) is 5.85. The number of carbonyl (C=O) groups is 1. The van der Waals surface area contributed by atoms with Crippen LogP contribution in [0.25, 0.3) is 6.08 Å². The highest BCUT2D eigenvalue weighted by Crippen LogP contribution is 2.37. The molecule has 5 nitrogen and oxygen atoms in total. The first-order valence-electron chi connectivity index (χ1n) is 10.1. The molecule has 0 spiro atoms. The fourth-order valence-corrected chi connectivity index (χ4v) is 5.32. The predicted molar refractivity (Wildman–Crippen MR) is 143 cm³/mol. The molecule has 3 rings (SSSR count). The normalized spacial score (nSPS) is 14.7. The fraction of sp³-hybridized carbons (Fsp3) is 0.250. The summed E-state index contributed by atoms with van der Waals surface area (Å²) in [5.74, 6) is 2.01. The van der Waals surface area contributed by atoms with E-state index in [2.05, 4.69) is 29.2 Å². The Kier molecular flexibility index (Phi) is 9.01. The number of nitrogens with zero attached hydrogens (tertiary/aromatic N) is 1. The van der Waals surface area contributed by atoms with E-state index in [1.807, 2.05) is 55.5 Å². The summed E-state index contributed by atoms with van der Waals surface area (Å²) in [7, 11) is 1.60. The van der Waals surface area contributed by atoms with Gasteiger partial charge in [-0.2, -0.15) is 0 Å². The lowest BCUT2D eigenvalue weighted by Crippen LogP contribution is -2.27. The van der Waals surface area contributed by atoms with Crippen molar-refractivity contribution in [2.24, 2.45) is 0 Å². The molecule has 1 heterocycles. The first-order valence-corrected chi connectivity index (χ1v) is 12.4. The summed E-state index contributed by atoms with van der Waals surface area (Å²) in [6, 6.07) is 11.7. The topological polar surface area (TPSA) is 48.0 Å². The standard InChI is InChI=1S/C24H24INO4S2/c1-4-8-17-9-6-7-10-19(17)29-11-12-30-22-18(25)13-16(14-20(22)28-3)15-21-23(27)26(5-2)24(31)32-21/h4,6-7,9-10,13-15H,1,5,8,11-12H2,2-3H3. The molecule has 2 aromatic rings. The Labute approximate surface area is 211 Å². The average Bonchev–Trinajstić information content (AvgIpc) is 3.05. The van der Waals surface area contributed by atoms with Gasteiger partial charge in [-0.15, -0.1) is 6.58 Å². The zero-order valence-corrected chi connectivity index (χ0v) is 21.7. The molecule has 0 atom stereocenters. The molecule has 1 amide bonds. The number of para-hydroxylation sites is 1. The molecule has 32 heavy (non-hydrogen) atoms. The summed E-state index contributed by atoms with van der Waals surface area (Å²) in [5.41, 5.74) is 1.94. The van der Waals surface area contributed by atoms with Crippen LogP contribution in [0, 0.1) is 3.57 Å². The maximum Gasteiger partial charge on any atom is 0.266 e. The Hall–Kier alpha value is -2.04. The van der Waals surface area contributed by atoms with Crippen molar-refractivity contribution in [1.82, 2.24) is 4.90 Å². The largest absolute Gasteiger partial charge is 0.493 e. The number of rotatable bonds is 10. The molecule has 1 fully saturated rings. The average molecular weight is 581 g/mol. The molecule has 168 valence electrons. The second-order valence-corrected chi connectivity index (χ2v) is 9.60. The summed E-state index contributed by atoms with van der Waals surface area (Å²) in [4.78, 5) is 14.7. The van der Waals surface area contributed by atoms with Crippen LogP contribution in [0.1, 0.15) is 18.1 Å². The maximum absolute atomic E-state index is 12.5. The number of allylic oxidation sites excluding steroid dienone is 1. The predicted octanol–water partition coefficient (Wildman–Crippen LogP) is 5.71. The maximum atomic E-state index is 12.5. The number of methoxy groups -OCH3 is 1. The molecule has 0 N–H and O–H groups in total. The van der Waals surface area contributed by atoms with Crippen molar-refractivity contribution >= 4 is 62.9 Å². The van der Waals surface area contributed by atoms with E-state index in [0.717, 1.165) is 26.9 Å². The number of benzene rings is 2. The van der Waals surface area contributed by atoms with Crippen molar-refractivity contribution in [2.75, 3.05) is 26.9 Å². The number of halogens is 1. The summed E-state index contributed by atoms with van der Waals surface area (Å²) in [6.45, 7) is 7.03. The number of carbonyl (C=O) groups excluding carboxylic acids is 1. The van der Waals surface area contributed by atoms with Crippen LogP contribution in [0.4, 0.5) is 0 Å². The highest BCUT2D eigenvalue weighted by molar-refractivity contribution is 14.1. The molecule has 0 radical (unpaired) electrons. The zero-order chi connectivity index (χ0) is 23.1. The molecule has 2 aromatic carbocycles. The lowest BCUT2D eigenvalue weighted by Gasteiger charge is -2.15. The monoisotopic (exact) mass is 581 g/mol. The molecule has 1 aliphatic rings. The third-order valence-electron chi connectivity index (χ3n) is 4.66. The van der Waals surface area contributed by atoms with Crippen molar-refractivity contribution < 1.29 is 19.0 Å². The number of likely N-dealkylation sites (N-methyl/N-ethyl adjacent to an activating group) is 1. The van der Waals surface area contributed by atoms with Crippen LogP contribution >= 0.6 is 46.6 Å². The number of amides is 1. The third-order valence-corrected chi connectivity index (χ3v) is 6.84. The van der Waals surface area contributed by atoms with Gasteiger partial charge in [0.1, 0.15) is 23.3 Å². The highest BCUT2D eigenvalue weighted by atomic mass is 127. The molecule has 1 saturated heterocycles. The second-order valence-electron chi connectivity index (χ2n) is 6.76. The number of hydrogen-bond donors (Lipinski definition) is 0. The Morgan fingerprint density at radius 2 is 1.94 bits per heavy atom. The minimum Gasteiger partial charge on any atom is -0.493 e. The molecular formula is C24H24INO4S2. The van der Waals surface area contributed by atoms with Crippen LogP contribution in [0.15, 0.2) is 54.0 Å². The van der Waals surface area contributed by atoms with Gasteiger partial charge < -0.3 is 14.2 Å². The smallest absolute Gasteiger partial charge is 0.266 e. The fourth-order valence-electron chi connectivity index (χ4n) is 3.15. The Morgan fingerprint density at radius 1 is 1.19 bits per heavy atom. The highest BCUT2D eigenvalue weighted by Gasteiger charge is 2.30. The van der Waals surface area contributed by atoms with Crippen molar-refractivity contribution in [3.8, 4) is 17.2 Å². The zero-order valence-electron chi connectivity index (χ0n) is 17.9. The van der Waals surface area contributed by atoms with Gasteiger partial charge in [0.25, 0.3) is 5.91 Å². The first-order chi connectivity index (χ1) is 15.5. The number of hydrogen-bond acceptors (Lipinski definition) is 6. The minimum atomic E-state index is -0.0642. The van der Waals surface area contributed by atoms with Gasteiger partial charge in [0, 0.05) is 6.54 Å². The lowest BCUT2D eigenvalue weighted by molar-refractivity contribution is -0.121. The van der Waals surface area contributed by atoms with Gasteiger partial charge in [-0.3, -0.25) is 9.69 Å². The molecule has 1 aliphatic heterocycles. The van der Waals surface area contributed by atoms with Crippen molar-refractivity contribution in [1.29, 1.82) is 0 Å². The molecule has 0 unspecified atom stereocenters. The molecule has 8 heteroatoms. The summed E-state index contributed by atoms with van der Waals surface area (Å²) >= 11 is 8.81. The van der Waals surface area contributed by atoms with Gasteiger partial charge in [-0.25, -0.2) is 0 Å². The van der Waals surface area contributed by atoms with Gasteiger partial charge in [-0.1, -0.05) is 48.3 Å². The summed E-state index contributed by atoms with van der Waals surface area (Å²) < 4.78 is 18.9. The van der Waals surface area contributed by atoms with Gasteiger partial charge >= 0.3 is 0 Å². The van der Waals surface area contributed by atoms with Gasteiger partial charge in [0.05, 0.1) is 15.6 Å². The van der Waals surface area contributed by atoms with Gasteiger partial charge in [-0.05, 0) is 71.3 Å². The first kappa shape index (κ1) is 24.6. The quantitative estimate of drug-likeness (QED) is 0.118. The number of thioether (sulfide) groups is 1. The van der Waals surface area contributed by atoms with Crippen molar-refractivity contribution in [3.05, 3.63) is 68.7 Å². The summed E-state index contributed by atoms with van der Waals surface area (Å²) in [6.07, 6.45) is 4.44. The van der Waals surface area contributed by atoms with Crippen LogP contribution in [0.5, 0.6) is 17.2 Å². The number of ether oxygens (including phenoxy) is 3. The Bertz CT molecular complexity index is 1050. The summed E-state index contributed by atoms with van der Waals surface area (Å²) in [5, 5.41) is 0. The van der Waals surface area contributed by atoms with Crippen LogP contribution in [-0.2, 0) is 11.2 Å². The number of thiocarbonyl (C=S) groups is 1. The molecular weight excluding hydrogens is 557 g/mol. The SMILES string of the molecule is C=CCc1ccccc1OCCOc1c(I)cc(C=C2SC(=S)N(CC)C2=O)cc1OC. The van der Waals surface area contributed by atoms with Crippen LogP contribution in [0.2, 0.25) is 0 Å². The van der Waals surface area contributed by atoms with Crippen molar-refractivity contribution in [3.63, 3.8) is 0 Å². The second kappa shape index (κ2) is 11.7. The molecule has 0 saturated carbocycles. The Balaban J connectivity index is 1.68. The van der Waals surface area contributed by atoms with E-state index in [0.29, 0.717) is 40.5 Å². The van der Waals surface area contributed by atoms with Gasteiger partial charge in [0.2, 0.25) is 0 Å². The van der Waals surface area contributed by atoms with Gasteiger partial charge in [0.15, 0.2) is 11.5 Å². The van der Waals surface area contributed by atoms with E-state index in [9.17, 15) is 4.79 Å². The van der Waals surface area contributed by atoms with E-state index in [1.165, 1.54) is 11.8 Å². The van der Waals surface area contributed by atoms with Crippen LogP contribution < -0.4 is 14.2 Å². The minimum absolute atomic E-state index is 0.0642. The van der Waals surface area contributed by atoms with Crippen molar-refractivity contribution in [2.45, 2.75) is 13.3 Å². The Morgan fingerprint density at radius 3 is 2.62 bits per heavy atom. The van der Waals surface area contributed by atoms with Crippen LogP contribution in [0.3, 0.4) is 0 Å². The van der Waals surface area contributed by atoms with Crippen LogP contribution in [-0.4, -0.2) is 42.0 Å². The van der Waals surface area contributed by atoms with E-state index in [-0.39, 0.29) is 5.91 Å². The molecule has 0 bridgehead atoms. The van der Waals surface area contributed by atoms with E-state index in [1.54, 1.807) is 12.0 Å². The van der Waals surface area contributed by atoms with E-state index in [4.69, 9.17) is 26.4 Å².